The summed E-state index contributed by atoms with van der Waals surface area (Å²) in [5.41, 5.74) is 0.526. The molecule has 8 nitrogen and oxygen atoms in total. The van der Waals surface area contributed by atoms with Crippen LogP contribution in [0.1, 0.15) is 31.0 Å². The minimum absolute atomic E-state index is 0.289. The monoisotopic (exact) mass is 275 g/mol. The SMILES string of the molecule is CCC(O)c1cn(Cc2nnc(-c3ccco3)o2)nn1. The van der Waals surface area contributed by atoms with E-state index in [1.807, 2.05) is 6.92 Å². The predicted octanol–water partition coefficient (Wildman–Crippen LogP) is 1.41. The van der Waals surface area contributed by atoms with Crippen molar-refractivity contribution in [3.05, 3.63) is 36.2 Å². The molecule has 0 fully saturated rings. The van der Waals surface area contributed by atoms with Crippen LogP contribution in [0.4, 0.5) is 0 Å². The van der Waals surface area contributed by atoms with Crippen molar-refractivity contribution in [1.82, 2.24) is 25.2 Å². The number of hydrogen-bond acceptors (Lipinski definition) is 7. The quantitative estimate of drug-likeness (QED) is 0.750. The van der Waals surface area contributed by atoms with Crippen LogP contribution in [-0.4, -0.2) is 30.3 Å². The Morgan fingerprint density at radius 3 is 3.00 bits per heavy atom. The van der Waals surface area contributed by atoms with Crippen LogP contribution in [0.2, 0.25) is 0 Å². The Bertz CT molecular complexity index is 673. The summed E-state index contributed by atoms with van der Waals surface area (Å²) in [7, 11) is 0. The number of aliphatic hydroxyl groups excluding tert-OH is 1. The van der Waals surface area contributed by atoms with E-state index in [2.05, 4.69) is 20.5 Å². The van der Waals surface area contributed by atoms with Crippen molar-refractivity contribution in [3.63, 3.8) is 0 Å². The van der Waals surface area contributed by atoms with Crippen molar-refractivity contribution >= 4 is 0 Å². The topological polar surface area (TPSA) is 103 Å². The third-order valence-electron chi connectivity index (χ3n) is 2.78. The van der Waals surface area contributed by atoms with Gasteiger partial charge in [0.25, 0.3) is 5.89 Å². The van der Waals surface area contributed by atoms with Gasteiger partial charge >= 0.3 is 0 Å². The molecular weight excluding hydrogens is 262 g/mol. The third kappa shape index (κ3) is 2.45. The van der Waals surface area contributed by atoms with E-state index >= 15 is 0 Å². The smallest absolute Gasteiger partial charge is 0.283 e. The number of aromatic nitrogens is 5. The lowest BCUT2D eigenvalue weighted by Crippen LogP contribution is -2.00. The molecule has 0 aliphatic carbocycles. The second-order valence-electron chi connectivity index (χ2n) is 4.24. The molecule has 0 spiro atoms. The Morgan fingerprint density at radius 1 is 1.35 bits per heavy atom. The van der Waals surface area contributed by atoms with Crippen molar-refractivity contribution in [2.24, 2.45) is 0 Å². The average molecular weight is 275 g/mol. The standard InChI is InChI=1S/C12H13N5O3/c1-2-9(18)8-6-17(16-13-8)7-11-14-15-12(20-11)10-4-3-5-19-10/h3-6,9,18H,2,7H2,1H3. The van der Waals surface area contributed by atoms with Crippen LogP contribution in [0.3, 0.4) is 0 Å². The highest BCUT2D eigenvalue weighted by Crippen LogP contribution is 2.18. The Labute approximate surface area is 114 Å². The average Bonchev–Trinajstić information content (AvgIpc) is 3.19. The molecule has 8 heteroatoms. The predicted molar refractivity (Wildman–Crippen MR) is 66.4 cm³/mol. The van der Waals surface area contributed by atoms with Crippen molar-refractivity contribution in [3.8, 4) is 11.7 Å². The van der Waals surface area contributed by atoms with E-state index in [9.17, 15) is 5.11 Å². The first-order valence-corrected chi connectivity index (χ1v) is 6.20. The van der Waals surface area contributed by atoms with Crippen molar-refractivity contribution in [1.29, 1.82) is 0 Å². The zero-order chi connectivity index (χ0) is 13.9. The van der Waals surface area contributed by atoms with E-state index in [-0.39, 0.29) is 6.54 Å². The molecule has 1 unspecified atom stereocenters. The van der Waals surface area contributed by atoms with Gasteiger partial charge in [-0.2, -0.15) is 0 Å². The number of nitrogens with zero attached hydrogens (tertiary/aromatic N) is 5. The van der Waals surface area contributed by atoms with Gasteiger partial charge in [0.1, 0.15) is 12.2 Å². The number of rotatable bonds is 5. The second kappa shape index (κ2) is 5.25. The van der Waals surface area contributed by atoms with Gasteiger partial charge in [0.15, 0.2) is 5.76 Å². The van der Waals surface area contributed by atoms with Gasteiger partial charge < -0.3 is 13.9 Å². The molecule has 0 aromatic carbocycles. The molecule has 20 heavy (non-hydrogen) atoms. The molecule has 104 valence electrons. The van der Waals surface area contributed by atoms with E-state index in [0.717, 1.165) is 0 Å². The van der Waals surface area contributed by atoms with E-state index in [1.54, 1.807) is 18.3 Å². The highest BCUT2D eigenvalue weighted by atomic mass is 16.4. The number of furan rings is 1. The van der Waals surface area contributed by atoms with Gasteiger partial charge in [0.2, 0.25) is 5.89 Å². The van der Waals surface area contributed by atoms with Gasteiger partial charge in [0.05, 0.1) is 18.6 Å². The molecule has 0 amide bonds. The highest BCUT2D eigenvalue weighted by molar-refractivity contribution is 5.42. The minimum Gasteiger partial charge on any atom is -0.459 e. The maximum Gasteiger partial charge on any atom is 0.283 e. The van der Waals surface area contributed by atoms with E-state index in [1.165, 1.54) is 10.9 Å². The summed E-state index contributed by atoms with van der Waals surface area (Å²) >= 11 is 0. The molecule has 3 aromatic rings. The number of aliphatic hydroxyl groups is 1. The van der Waals surface area contributed by atoms with Crippen molar-refractivity contribution < 1.29 is 13.9 Å². The van der Waals surface area contributed by atoms with Crippen LogP contribution in [0, 0.1) is 0 Å². The molecule has 3 heterocycles. The lowest BCUT2D eigenvalue weighted by atomic mass is 10.2. The van der Waals surface area contributed by atoms with Crippen LogP contribution in [-0.2, 0) is 6.54 Å². The van der Waals surface area contributed by atoms with E-state index < -0.39 is 6.10 Å². The minimum atomic E-state index is -0.606. The highest BCUT2D eigenvalue weighted by Gasteiger charge is 2.13. The van der Waals surface area contributed by atoms with Gasteiger partial charge in [-0.3, -0.25) is 0 Å². The van der Waals surface area contributed by atoms with E-state index in [4.69, 9.17) is 8.83 Å². The van der Waals surface area contributed by atoms with Gasteiger partial charge in [0, 0.05) is 0 Å². The zero-order valence-electron chi connectivity index (χ0n) is 10.8. The molecular formula is C12H13N5O3. The molecule has 3 rings (SSSR count). The maximum atomic E-state index is 9.66. The molecule has 0 bridgehead atoms. The summed E-state index contributed by atoms with van der Waals surface area (Å²) in [5, 5.41) is 25.3. The van der Waals surface area contributed by atoms with Crippen LogP contribution in [0.5, 0.6) is 0 Å². The van der Waals surface area contributed by atoms with E-state index in [0.29, 0.717) is 29.7 Å². The van der Waals surface area contributed by atoms with Gasteiger partial charge in [-0.1, -0.05) is 12.1 Å². The first-order valence-electron chi connectivity index (χ1n) is 6.20. The maximum absolute atomic E-state index is 9.66. The van der Waals surface area contributed by atoms with Gasteiger partial charge in [-0.15, -0.1) is 15.3 Å². The van der Waals surface area contributed by atoms with Crippen molar-refractivity contribution in [2.45, 2.75) is 26.0 Å². The Balaban J connectivity index is 1.73. The Kier molecular flexibility index (Phi) is 3.30. The summed E-state index contributed by atoms with van der Waals surface area (Å²) in [5.74, 6) is 1.22. The fourth-order valence-electron chi connectivity index (χ4n) is 1.71. The summed E-state index contributed by atoms with van der Waals surface area (Å²) in [6, 6.07) is 3.48. The first kappa shape index (κ1) is 12.5. The number of hydrogen-bond donors (Lipinski definition) is 1. The molecule has 0 aliphatic rings. The fraction of sp³-hybridized carbons (Fsp3) is 0.333. The molecule has 0 saturated heterocycles. The Hall–Kier alpha value is -2.48. The lowest BCUT2D eigenvalue weighted by molar-refractivity contribution is 0.168. The largest absolute Gasteiger partial charge is 0.459 e. The fourth-order valence-corrected chi connectivity index (χ4v) is 1.71. The zero-order valence-corrected chi connectivity index (χ0v) is 10.8. The second-order valence-corrected chi connectivity index (χ2v) is 4.24. The van der Waals surface area contributed by atoms with Crippen LogP contribution in [0.15, 0.2) is 33.4 Å². The van der Waals surface area contributed by atoms with Crippen molar-refractivity contribution in [2.75, 3.05) is 0 Å². The summed E-state index contributed by atoms with van der Waals surface area (Å²) in [6.07, 6.45) is 3.17. The molecule has 1 N–H and O–H groups in total. The third-order valence-corrected chi connectivity index (χ3v) is 2.78. The van der Waals surface area contributed by atoms with Crippen LogP contribution in [0.25, 0.3) is 11.7 Å². The lowest BCUT2D eigenvalue weighted by Gasteiger charge is -2.00. The van der Waals surface area contributed by atoms with Crippen LogP contribution < -0.4 is 0 Å². The first-order chi connectivity index (χ1) is 9.76. The molecule has 0 radical (unpaired) electrons. The summed E-state index contributed by atoms with van der Waals surface area (Å²) < 4.78 is 12.2. The summed E-state index contributed by atoms with van der Waals surface area (Å²) in [4.78, 5) is 0. The molecule has 0 aliphatic heterocycles. The summed E-state index contributed by atoms with van der Waals surface area (Å²) in [6.45, 7) is 2.16. The molecule has 1 atom stereocenters. The van der Waals surface area contributed by atoms with Gasteiger partial charge in [-0.05, 0) is 18.6 Å². The van der Waals surface area contributed by atoms with Gasteiger partial charge in [-0.25, -0.2) is 4.68 Å². The normalized spacial score (nSPS) is 12.7. The van der Waals surface area contributed by atoms with Crippen LogP contribution >= 0.6 is 0 Å². The molecule has 0 saturated carbocycles. The molecule has 3 aromatic heterocycles. The Morgan fingerprint density at radius 2 is 2.25 bits per heavy atom.